The minimum atomic E-state index is -3.60. The highest BCUT2D eigenvalue weighted by Crippen LogP contribution is 2.08. The van der Waals surface area contributed by atoms with E-state index in [-0.39, 0.29) is 10.9 Å². The van der Waals surface area contributed by atoms with E-state index >= 15 is 0 Å². The minimum Gasteiger partial charge on any atom is -0.380 e. The molecule has 0 saturated carbocycles. The average Bonchev–Trinajstić information content (AvgIpc) is 2.33. The second-order valence-corrected chi connectivity index (χ2v) is 5.69. The van der Waals surface area contributed by atoms with Crippen LogP contribution in [0.4, 0.5) is 0 Å². The zero-order valence-corrected chi connectivity index (χ0v) is 11.5. The molecule has 18 heavy (non-hydrogen) atoms. The van der Waals surface area contributed by atoms with E-state index in [4.69, 9.17) is 9.88 Å². The van der Waals surface area contributed by atoms with E-state index < -0.39 is 10.0 Å². The summed E-state index contributed by atoms with van der Waals surface area (Å²) >= 11 is 0. The Bertz CT molecular complexity index is 457. The molecule has 1 unspecified atom stereocenters. The molecule has 1 rings (SSSR count). The standard InChI is InChI=1S/C12H20N2O3S/c1-3-17-9-10(2)14-8-11-4-6-12(7-5-11)18(13,15)16/h4-7,10,14H,3,8-9H2,1-2H3,(H2,13,15,16). The Kier molecular flexibility index (Phi) is 5.74. The van der Waals surface area contributed by atoms with Crippen LogP contribution in [0.2, 0.25) is 0 Å². The molecule has 0 bridgehead atoms. The van der Waals surface area contributed by atoms with Crippen molar-refractivity contribution in [2.75, 3.05) is 13.2 Å². The third-order valence-corrected chi connectivity index (χ3v) is 3.41. The van der Waals surface area contributed by atoms with Crippen LogP contribution >= 0.6 is 0 Å². The predicted molar refractivity (Wildman–Crippen MR) is 70.6 cm³/mol. The maximum Gasteiger partial charge on any atom is 0.238 e. The molecule has 0 aliphatic carbocycles. The van der Waals surface area contributed by atoms with Crippen LogP contribution in [0.15, 0.2) is 29.2 Å². The van der Waals surface area contributed by atoms with Gasteiger partial charge in [-0.25, -0.2) is 13.6 Å². The Labute approximate surface area is 108 Å². The van der Waals surface area contributed by atoms with Gasteiger partial charge in [0.15, 0.2) is 0 Å². The van der Waals surface area contributed by atoms with Crippen LogP contribution in [-0.2, 0) is 21.3 Å². The lowest BCUT2D eigenvalue weighted by atomic mass is 10.2. The lowest BCUT2D eigenvalue weighted by molar-refractivity contribution is 0.127. The van der Waals surface area contributed by atoms with E-state index in [0.717, 1.165) is 5.56 Å². The molecule has 1 aromatic carbocycles. The largest absolute Gasteiger partial charge is 0.380 e. The van der Waals surface area contributed by atoms with E-state index in [1.807, 2.05) is 13.8 Å². The summed E-state index contributed by atoms with van der Waals surface area (Å²) in [5.41, 5.74) is 1.01. The molecule has 0 aliphatic rings. The molecule has 0 radical (unpaired) electrons. The summed E-state index contributed by atoms with van der Waals surface area (Å²) in [5.74, 6) is 0. The van der Waals surface area contributed by atoms with Crippen molar-refractivity contribution in [2.45, 2.75) is 31.3 Å². The van der Waals surface area contributed by atoms with Gasteiger partial charge in [0, 0.05) is 19.2 Å². The number of sulfonamides is 1. The van der Waals surface area contributed by atoms with Gasteiger partial charge in [0.25, 0.3) is 0 Å². The maximum atomic E-state index is 11.1. The molecule has 0 aliphatic heterocycles. The van der Waals surface area contributed by atoms with Crippen molar-refractivity contribution in [3.05, 3.63) is 29.8 Å². The number of ether oxygens (including phenoxy) is 1. The number of nitrogens with one attached hydrogen (secondary N) is 1. The Balaban J connectivity index is 2.49. The molecule has 5 nitrogen and oxygen atoms in total. The lowest BCUT2D eigenvalue weighted by Gasteiger charge is -2.13. The molecule has 3 N–H and O–H groups in total. The van der Waals surface area contributed by atoms with E-state index in [9.17, 15) is 8.42 Å². The minimum absolute atomic E-state index is 0.133. The van der Waals surface area contributed by atoms with Crippen molar-refractivity contribution >= 4 is 10.0 Å². The molecule has 0 aromatic heterocycles. The third kappa shape index (κ3) is 5.14. The summed E-state index contributed by atoms with van der Waals surface area (Å²) in [5, 5.41) is 8.31. The van der Waals surface area contributed by atoms with Crippen LogP contribution in [0.25, 0.3) is 0 Å². The summed E-state index contributed by atoms with van der Waals surface area (Å²) < 4.78 is 27.4. The molecule has 0 amide bonds. The average molecular weight is 272 g/mol. The molecular weight excluding hydrogens is 252 g/mol. The predicted octanol–water partition coefficient (Wildman–Crippen LogP) is 0.849. The number of benzene rings is 1. The quantitative estimate of drug-likeness (QED) is 0.771. The Hall–Kier alpha value is -0.950. The van der Waals surface area contributed by atoms with Crippen molar-refractivity contribution in [1.82, 2.24) is 5.32 Å². The van der Waals surface area contributed by atoms with Gasteiger partial charge in [-0.1, -0.05) is 12.1 Å². The molecule has 102 valence electrons. The highest BCUT2D eigenvalue weighted by molar-refractivity contribution is 7.89. The summed E-state index contributed by atoms with van der Waals surface area (Å²) in [6.45, 7) is 6.02. The van der Waals surface area contributed by atoms with Gasteiger partial charge in [0.1, 0.15) is 0 Å². The molecule has 0 saturated heterocycles. The fraction of sp³-hybridized carbons (Fsp3) is 0.500. The highest BCUT2D eigenvalue weighted by atomic mass is 32.2. The Morgan fingerprint density at radius 2 is 1.94 bits per heavy atom. The first-order valence-corrected chi connectivity index (χ1v) is 7.41. The van der Waals surface area contributed by atoms with Gasteiger partial charge in [0.2, 0.25) is 10.0 Å². The SMILES string of the molecule is CCOCC(C)NCc1ccc(S(N)(=O)=O)cc1. The normalized spacial score (nSPS) is 13.5. The zero-order chi connectivity index (χ0) is 13.6. The van der Waals surface area contributed by atoms with Crippen LogP contribution in [0.3, 0.4) is 0 Å². The molecule has 1 atom stereocenters. The molecule has 6 heteroatoms. The monoisotopic (exact) mass is 272 g/mol. The van der Waals surface area contributed by atoms with E-state index in [0.29, 0.717) is 19.8 Å². The first-order chi connectivity index (χ1) is 8.43. The van der Waals surface area contributed by atoms with Crippen LogP contribution in [0.5, 0.6) is 0 Å². The van der Waals surface area contributed by atoms with Gasteiger partial charge in [-0.15, -0.1) is 0 Å². The molecule has 1 aromatic rings. The second-order valence-electron chi connectivity index (χ2n) is 4.13. The van der Waals surface area contributed by atoms with Crippen molar-refractivity contribution in [3.8, 4) is 0 Å². The molecule has 0 heterocycles. The van der Waals surface area contributed by atoms with E-state index in [1.54, 1.807) is 12.1 Å². The summed E-state index contributed by atoms with van der Waals surface area (Å²) in [6.07, 6.45) is 0. The van der Waals surface area contributed by atoms with Gasteiger partial charge in [-0.3, -0.25) is 0 Å². The van der Waals surface area contributed by atoms with Gasteiger partial charge in [-0.2, -0.15) is 0 Å². The van der Waals surface area contributed by atoms with E-state index in [1.165, 1.54) is 12.1 Å². The van der Waals surface area contributed by atoms with Crippen molar-refractivity contribution in [3.63, 3.8) is 0 Å². The maximum absolute atomic E-state index is 11.1. The van der Waals surface area contributed by atoms with Gasteiger partial charge >= 0.3 is 0 Å². The Morgan fingerprint density at radius 3 is 2.44 bits per heavy atom. The van der Waals surface area contributed by atoms with Gasteiger partial charge in [-0.05, 0) is 31.5 Å². The summed E-state index contributed by atoms with van der Waals surface area (Å²) in [7, 11) is -3.60. The zero-order valence-electron chi connectivity index (χ0n) is 10.7. The van der Waals surface area contributed by atoms with Crippen LogP contribution in [-0.4, -0.2) is 27.7 Å². The number of hydrogen-bond acceptors (Lipinski definition) is 4. The smallest absolute Gasteiger partial charge is 0.238 e. The van der Waals surface area contributed by atoms with Gasteiger partial charge < -0.3 is 10.1 Å². The highest BCUT2D eigenvalue weighted by Gasteiger charge is 2.07. The topological polar surface area (TPSA) is 81.4 Å². The van der Waals surface area contributed by atoms with E-state index in [2.05, 4.69) is 5.32 Å². The lowest BCUT2D eigenvalue weighted by Crippen LogP contribution is -2.30. The number of nitrogens with two attached hydrogens (primary N) is 1. The Morgan fingerprint density at radius 1 is 1.33 bits per heavy atom. The summed E-state index contributed by atoms with van der Waals surface area (Å²) in [4.78, 5) is 0.133. The van der Waals surface area contributed by atoms with Crippen LogP contribution in [0, 0.1) is 0 Å². The third-order valence-electron chi connectivity index (χ3n) is 2.48. The first-order valence-electron chi connectivity index (χ1n) is 5.86. The number of hydrogen-bond donors (Lipinski definition) is 2. The molecule has 0 fully saturated rings. The van der Waals surface area contributed by atoms with Crippen molar-refractivity contribution < 1.29 is 13.2 Å². The first kappa shape index (κ1) is 15.1. The molecular formula is C12H20N2O3S. The molecule has 0 spiro atoms. The summed E-state index contributed by atoms with van der Waals surface area (Å²) in [6, 6.07) is 6.78. The fourth-order valence-corrected chi connectivity index (χ4v) is 1.96. The second kappa shape index (κ2) is 6.84. The van der Waals surface area contributed by atoms with Crippen molar-refractivity contribution in [1.29, 1.82) is 0 Å². The fourth-order valence-electron chi connectivity index (χ4n) is 1.44. The van der Waals surface area contributed by atoms with Crippen molar-refractivity contribution in [2.24, 2.45) is 5.14 Å². The van der Waals surface area contributed by atoms with Crippen LogP contribution < -0.4 is 10.5 Å². The van der Waals surface area contributed by atoms with Gasteiger partial charge in [0.05, 0.1) is 11.5 Å². The number of primary sulfonamides is 1. The van der Waals surface area contributed by atoms with Crippen LogP contribution in [0.1, 0.15) is 19.4 Å². The number of rotatable bonds is 7.